The Morgan fingerprint density at radius 2 is 1.79 bits per heavy atom. The fraction of sp³-hybridized carbons (Fsp3) is 0.481. The van der Waals surface area contributed by atoms with Crippen LogP contribution in [0, 0.1) is 13.8 Å². The molecule has 5 nitrogen and oxygen atoms in total. The number of nitrogens with zero attached hydrogens (tertiary/aromatic N) is 1. The highest BCUT2D eigenvalue weighted by atomic mass is 79.9. The lowest BCUT2D eigenvalue weighted by Gasteiger charge is -2.33. The zero-order chi connectivity index (χ0) is 24.7. The number of hydrogen-bond acceptors (Lipinski definition) is 3. The van der Waals surface area contributed by atoms with E-state index in [0.29, 0.717) is 17.2 Å². The monoisotopic (exact) mass is 548 g/mol. The van der Waals surface area contributed by atoms with Crippen LogP contribution in [0.15, 0.2) is 40.9 Å². The Hall–Kier alpha value is -2.05. The first-order valence-electron chi connectivity index (χ1n) is 12.0. The van der Waals surface area contributed by atoms with Gasteiger partial charge in [0.25, 0.3) is 5.91 Å². The Morgan fingerprint density at radius 1 is 1.15 bits per heavy atom. The van der Waals surface area contributed by atoms with Gasteiger partial charge in [-0.3, -0.25) is 9.59 Å². The highest BCUT2D eigenvalue weighted by molar-refractivity contribution is 9.10. The van der Waals surface area contributed by atoms with Gasteiger partial charge >= 0.3 is 0 Å². The van der Waals surface area contributed by atoms with Crippen molar-refractivity contribution < 1.29 is 14.3 Å². The molecular weight excluding hydrogens is 516 g/mol. The average molecular weight is 550 g/mol. The largest absolute Gasteiger partial charge is 0.484 e. The predicted molar refractivity (Wildman–Crippen MR) is 140 cm³/mol. The molecule has 0 heterocycles. The Morgan fingerprint density at radius 3 is 2.41 bits per heavy atom. The molecule has 0 aromatic heterocycles. The summed E-state index contributed by atoms with van der Waals surface area (Å²) in [4.78, 5) is 28.3. The van der Waals surface area contributed by atoms with Gasteiger partial charge in [0.05, 0.1) is 0 Å². The summed E-state index contributed by atoms with van der Waals surface area (Å²) in [6.45, 7) is 5.99. The van der Waals surface area contributed by atoms with Crippen molar-refractivity contribution >= 4 is 39.3 Å². The van der Waals surface area contributed by atoms with Crippen molar-refractivity contribution in [2.24, 2.45) is 0 Å². The quantitative estimate of drug-likeness (QED) is 0.396. The highest BCUT2D eigenvalue weighted by Crippen LogP contribution is 2.27. The Balaban J connectivity index is 1.79. The van der Waals surface area contributed by atoms with E-state index in [1.54, 1.807) is 11.0 Å². The van der Waals surface area contributed by atoms with Crippen LogP contribution in [-0.2, 0) is 16.1 Å². The number of amides is 2. The summed E-state index contributed by atoms with van der Waals surface area (Å²) >= 11 is 9.96. The third-order valence-corrected chi connectivity index (χ3v) is 8.03. The average Bonchev–Trinajstić information content (AvgIpc) is 2.82. The second-order valence-electron chi connectivity index (χ2n) is 9.04. The minimum absolute atomic E-state index is 0.106. The highest BCUT2D eigenvalue weighted by Gasteiger charge is 2.31. The summed E-state index contributed by atoms with van der Waals surface area (Å²) in [6.07, 6.45) is 5.96. The molecular formula is C27H34BrClN2O3. The minimum Gasteiger partial charge on any atom is -0.484 e. The van der Waals surface area contributed by atoms with E-state index in [1.165, 1.54) is 6.42 Å². The SMILES string of the molecule is CCC(C(=O)NC1CCCCC1)N(Cc1ccccc1Cl)C(=O)COc1cc(C)c(Br)c(C)c1. The van der Waals surface area contributed by atoms with E-state index in [9.17, 15) is 9.59 Å². The first-order valence-corrected chi connectivity index (χ1v) is 13.2. The molecule has 0 bridgehead atoms. The number of nitrogens with one attached hydrogen (secondary N) is 1. The van der Waals surface area contributed by atoms with Crippen LogP contribution in [0.25, 0.3) is 0 Å². The number of carbonyl (C=O) groups is 2. The van der Waals surface area contributed by atoms with Crippen LogP contribution in [0.1, 0.15) is 62.1 Å². The maximum atomic E-state index is 13.4. The minimum atomic E-state index is -0.595. The van der Waals surface area contributed by atoms with Crippen LogP contribution in [0.4, 0.5) is 0 Å². The molecule has 2 aromatic rings. The van der Waals surface area contributed by atoms with Gasteiger partial charge in [-0.25, -0.2) is 0 Å². The zero-order valence-corrected chi connectivity index (χ0v) is 22.5. The summed E-state index contributed by atoms with van der Waals surface area (Å²) in [5, 5.41) is 3.76. The first-order chi connectivity index (χ1) is 16.3. The summed E-state index contributed by atoms with van der Waals surface area (Å²) < 4.78 is 6.91. The summed E-state index contributed by atoms with van der Waals surface area (Å²) in [5.74, 6) is 0.276. The van der Waals surface area contributed by atoms with Gasteiger partial charge in [-0.1, -0.05) is 71.9 Å². The first kappa shape index (κ1) is 26.6. The molecule has 3 rings (SSSR count). The van der Waals surface area contributed by atoms with E-state index < -0.39 is 6.04 Å². The lowest BCUT2D eigenvalue weighted by molar-refractivity contribution is -0.143. The second-order valence-corrected chi connectivity index (χ2v) is 10.2. The van der Waals surface area contributed by atoms with E-state index in [-0.39, 0.29) is 31.0 Å². The fourth-order valence-electron chi connectivity index (χ4n) is 4.49. The van der Waals surface area contributed by atoms with Gasteiger partial charge in [0.15, 0.2) is 6.61 Å². The smallest absolute Gasteiger partial charge is 0.261 e. The molecule has 34 heavy (non-hydrogen) atoms. The number of benzene rings is 2. The number of hydrogen-bond donors (Lipinski definition) is 1. The van der Waals surface area contributed by atoms with E-state index in [2.05, 4.69) is 21.2 Å². The molecule has 1 aliphatic rings. The van der Waals surface area contributed by atoms with Crippen molar-refractivity contribution in [1.82, 2.24) is 10.2 Å². The van der Waals surface area contributed by atoms with Crippen LogP contribution in [-0.4, -0.2) is 35.4 Å². The third-order valence-electron chi connectivity index (χ3n) is 6.41. The topological polar surface area (TPSA) is 58.6 Å². The van der Waals surface area contributed by atoms with Gasteiger partial charge in [-0.05, 0) is 68.0 Å². The van der Waals surface area contributed by atoms with Crippen LogP contribution in [0.5, 0.6) is 5.75 Å². The Labute approximate surface area is 216 Å². The maximum Gasteiger partial charge on any atom is 0.261 e. The molecule has 2 amide bonds. The number of ether oxygens (including phenoxy) is 1. The normalized spacial score (nSPS) is 15.0. The molecule has 1 N–H and O–H groups in total. The summed E-state index contributed by atoms with van der Waals surface area (Å²) in [7, 11) is 0. The van der Waals surface area contributed by atoms with Gasteiger partial charge in [-0.2, -0.15) is 0 Å². The molecule has 0 spiro atoms. The van der Waals surface area contributed by atoms with Crippen molar-refractivity contribution in [2.75, 3.05) is 6.61 Å². The van der Waals surface area contributed by atoms with Crippen molar-refractivity contribution in [3.8, 4) is 5.75 Å². The number of rotatable bonds is 9. The van der Waals surface area contributed by atoms with E-state index in [4.69, 9.17) is 16.3 Å². The maximum absolute atomic E-state index is 13.4. The van der Waals surface area contributed by atoms with Gasteiger partial charge in [0, 0.05) is 22.1 Å². The molecule has 2 aromatic carbocycles. The lowest BCUT2D eigenvalue weighted by Crippen LogP contribution is -2.52. The molecule has 7 heteroatoms. The lowest BCUT2D eigenvalue weighted by atomic mass is 9.95. The van der Waals surface area contributed by atoms with Crippen LogP contribution in [0.2, 0.25) is 5.02 Å². The predicted octanol–water partition coefficient (Wildman–Crippen LogP) is 6.35. The standard InChI is InChI=1S/C27H34BrClN2O3/c1-4-24(27(33)30-21-11-6-5-7-12-21)31(16-20-10-8-9-13-23(20)29)25(32)17-34-22-14-18(2)26(28)19(3)15-22/h8-10,13-15,21,24H,4-7,11-12,16-17H2,1-3H3,(H,30,33). The van der Waals surface area contributed by atoms with Gasteiger partial charge in [-0.15, -0.1) is 0 Å². The zero-order valence-electron chi connectivity index (χ0n) is 20.2. The molecule has 0 aliphatic heterocycles. The molecule has 1 atom stereocenters. The van der Waals surface area contributed by atoms with Gasteiger partial charge in [0.1, 0.15) is 11.8 Å². The van der Waals surface area contributed by atoms with E-state index in [0.717, 1.165) is 46.8 Å². The number of halogens is 2. The Bertz CT molecular complexity index is 984. The van der Waals surface area contributed by atoms with Crippen molar-refractivity contribution in [3.63, 3.8) is 0 Å². The van der Waals surface area contributed by atoms with Crippen LogP contribution in [0.3, 0.4) is 0 Å². The molecule has 1 saturated carbocycles. The molecule has 184 valence electrons. The summed E-state index contributed by atoms with van der Waals surface area (Å²) in [6, 6.07) is 10.8. The van der Waals surface area contributed by atoms with E-state index in [1.807, 2.05) is 51.1 Å². The van der Waals surface area contributed by atoms with Gasteiger partial charge < -0.3 is 15.0 Å². The molecule has 0 radical (unpaired) electrons. The van der Waals surface area contributed by atoms with Crippen LogP contribution < -0.4 is 10.1 Å². The Kier molecular flexibility index (Phi) is 9.84. The van der Waals surface area contributed by atoms with Gasteiger partial charge in [0.2, 0.25) is 5.91 Å². The molecule has 1 aliphatic carbocycles. The summed E-state index contributed by atoms with van der Waals surface area (Å²) in [5.41, 5.74) is 2.87. The third kappa shape index (κ3) is 6.98. The second kappa shape index (κ2) is 12.6. The van der Waals surface area contributed by atoms with E-state index >= 15 is 0 Å². The number of carbonyl (C=O) groups excluding carboxylic acids is 2. The molecule has 1 fully saturated rings. The number of aryl methyl sites for hydroxylation is 2. The van der Waals surface area contributed by atoms with Crippen LogP contribution >= 0.6 is 27.5 Å². The fourth-order valence-corrected chi connectivity index (χ4v) is 4.92. The molecule has 0 saturated heterocycles. The van der Waals surface area contributed by atoms with Crippen molar-refractivity contribution in [3.05, 3.63) is 62.6 Å². The van der Waals surface area contributed by atoms with Crippen molar-refractivity contribution in [2.45, 2.75) is 77.9 Å². The molecule has 1 unspecified atom stereocenters. The van der Waals surface area contributed by atoms with Crippen molar-refractivity contribution in [1.29, 1.82) is 0 Å².